The van der Waals surface area contributed by atoms with Gasteiger partial charge in [-0.3, -0.25) is 9.59 Å². The van der Waals surface area contributed by atoms with E-state index in [0.717, 1.165) is 5.56 Å². The van der Waals surface area contributed by atoms with Crippen molar-refractivity contribution in [1.82, 2.24) is 0 Å². The molecule has 0 aliphatic heterocycles. The minimum atomic E-state index is -4.60. The summed E-state index contributed by atoms with van der Waals surface area (Å²) in [5.41, 5.74) is 0.319. The highest BCUT2D eigenvalue weighted by molar-refractivity contribution is 6.30. The number of fused-ring (bicyclic) bond motifs is 1. The number of aliphatic carboxylic acids is 1. The Bertz CT molecular complexity index is 1170. The number of benzene rings is 2. The Morgan fingerprint density at radius 1 is 1.03 bits per heavy atom. The first-order chi connectivity index (χ1) is 17.4. The molecule has 2 aromatic rings. The molecule has 2 fully saturated rings. The van der Waals surface area contributed by atoms with Gasteiger partial charge in [0.25, 0.3) is 0 Å². The zero-order valence-corrected chi connectivity index (χ0v) is 20.7. The van der Waals surface area contributed by atoms with E-state index in [1.54, 1.807) is 36.4 Å². The number of anilines is 2. The molecule has 4 rings (SSSR count). The van der Waals surface area contributed by atoms with Crippen LogP contribution in [0.3, 0.4) is 0 Å². The smallest absolute Gasteiger partial charge is 0.390 e. The van der Waals surface area contributed by atoms with Crippen molar-refractivity contribution in [2.75, 3.05) is 10.6 Å². The van der Waals surface area contributed by atoms with Gasteiger partial charge in [0, 0.05) is 27.7 Å². The third-order valence-electron chi connectivity index (χ3n) is 7.59. The van der Waals surface area contributed by atoms with Crippen LogP contribution in [0.25, 0.3) is 0 Å². The Hall–Kier alpha value is -3.07. The number of alkyl halides is 3. The van der Waals surface area contributed by atoms with Gasteiger partial charge in [-0.15, -0.1) is 0 Å². The van der Waals surface area contributed by atoms with Crippen LogP contribution < -0.4 is 10.6 Å². The number of ketones is 1. The number of carbonyl (C=O) groups is 3. The zero-order chi connectivity index (χ0) is 26.8. The lowest BCUT2D eigenvalue weighted by Crippen LogP contribution is -2.48. The van der Waals surface area contributed by atoms with Crippen molar-refractivity contribution in [3.63, 3.8) is 0 Å². The van der Waals surface area contributed by atoms with Crippen LogP contribution in [0.2, 0.25) is 5.02 Å². The summed E-state index contributed by atoms with van der Waals surface area (Å²) < 4.78 is 39.8. The van der Waals surface area contributed by atoms with Gasteiger partial charge in [-0.25, -0.2) is 4.79 Å². The average molecular weight is 537 g/mol. The molecule has 3 N–H and O–H groups in total. The van der Waals surface area contributed by atoms with Crippen LogP contribution in [0, 0.1) is 17.3 Å². The van der Waals surface area contributed by atoms with Gasteiger partial charge in [0.1, 0.15) is 5.78 Å². The fourth-order valence-corrected chi connectivity index (χ4v) is 6.18. The first-order valence-corrected chi connectivity index (χ1v) is 12.6. The number of carboxylic acids is 1. The molecule has 10 heteroatoms. The summed E-state index contributed by atoms with van der Waals surface area (Å²) in [5, 5.41) is 15.2. The molecule has 2 aromatic carbocycles. The normalized spacial score (nSPS) is 25.7. The van der Waals surface area contributed by atoms with Crippen LogP contribution in [0.1, 0.15) is 56.4 Å². The van der Waals surface area contributed by atoms with Crippen LogP contribution in [0.5, 0.6) is 0 Å². The fraction of sp³-hybridized carbons (Fsp3) is 0.444. The first-order valence-electron chi connectivity index (χ1n) is 12.2. The number of hydrogen-bond donors (Lipinski definition) is 3. The van der Waals surface area contributed by atoms with Crippen LogP contribution in [-0.2, 0) is 9.59 Å². The molecule has 0 radical (unpaired) electrons. The van der Waals surface area contributed by atoms with E-state index in [4.69, 9.17) is 11.6 Å². The predicted molar refractivity (Wildman–Crippen MR) is 134 cm³/mol. The fourth-order valence-electron chi connectivity index (χ4n) is 5.99. The standard InChI is InChI=1S/C27H28ClF3N2O4/c28-19-2-1-3-21(13-19)33-25(37)32-20-7-4-16(5-8-20)17-6-9-22-18(12-17)10-11-26(24(22)36,14-23(34)35)15-27(29,30)31/h1-5,7-8,13,17-18,22H,6,9-12,14-15H2,(H,34,35)(H2,32,33,37). The van der Waals surface area contributed by atoms with Gasteiger partial charge in [0.05, 0.1) is 12.8 Å². The van der Waals surface area contributed by atoms with Crippen molar-refractivity contribution < 1.29 is 32.7 Å². The van der Waals surface area contributed by atoms with Gasteiger partial charge < -0.3 is 15.7 Å². The third kappa shape index (κ3) is 6.63. The van der Waals surface area contributed by atoms with E-state index in [-0.39, 0.29) is 18.3 Å². The second-order valence-corrected chi connectivity index (χ2v) is 10.6. The van der Waals surface area contributed by atoms with E-state index in [1.165, 1.54) is 0 Å². The van der Waals surface area contributed by atoms with E-state index in [2.05, 4.69) is 10.6 Å². The number of carbonyl (C=O) groups excluding carboxylic acids is 2. The van der Waals surface area contributed by atoms with Gasteiger partial charge in [-0.2, -0.15) is 13.2 Å². The Morgan fingerprint density at radius 3 is 2.38 bits per heavy atom. The number of Topliss-reactive ketones (excluding diaryl/α,β-unsaturated/α-hetero) is 1. The lowest BCUT2D eigenvalue weighted by Gasteiger charge is -2.46. The highest BCUT2D eigenvalue weighted by Crippen LogP contribution is 2.53. The number of halogens is 4. The molecule has 2 aliphatic rings. The van der Waals surface area contributed by atoms with Gasteiger partial charge in [-0.05, 0) is 79.8 Å². The molecule has 0 bridgehead atoms. The summed E-state index contributed by atoms with van der Waals surface area (Å²) in [6, 6.07) is 13.7. The van der Waals surface area contributed by atoms with Gasteiger partial charge in [0.2, 0.25) is 0 Å². The molecule has 0 spiro atoms. The second-order valence-electron chi connectivity index (χ2n) is 10.1. The first kappa shape index (κ1) is 27.0. The largest absolute Gasteiger partial charge is 0.481 e. The summed E-state index contributed by atoms with van der Waals surface area (Å²) in [4.78, 5) is 36.8. The molecule has 6 nitrogen and oxygen atoms in total. The van der Waals surface area contributed by atoms with Crippen molar-refractivity contribution in [2.45, 2.75) is 57.0 Å². The monoisotopic (exact) mass is 536 g/mol. The zero-order valence-electron chi connectivity index (χ0n) is 20.0. The number of nitrogens with one attached hydrogen (secondary N) is 2. The highest BCUT2D eigenvalue weighted by atomic mass is 35.5. The average Bonchev–Trinajstić information content (AvgIpc) is 2.80. The molecule has 2 amide bonds. The van der Waals surface area contributed by atoms with Gasteiger partial charge >= 0.3 is 18.2 Å². The summed E-state index contributed by atoms with van der Waals surface area (Å²) in [7, 11) is 0. The number of amides is 2. The summed E-state index contributed by atoms with van der Waals surface area (Å²) in [6.07, 6.45) is -4.69. The summed E-state index contributed by atoms with van der Waals surface area (Å²) in [5.74, 6) is -2.38. The van der Waals surface area contributed by atoms with Crippen molar-refractivity contribution in [3.8, 4) is 0 Å². The van der Waals surface area contributed by atoms with E-state index >= 15 is 0 Å². The molecule has 2 aliphatic carbocycles. The van der Waals surface area contributed by atoms with Crippen LogP contribution in [-0.4, -0.2) is 29.1 Å². The van der Waals surface area contributed by atoms with E-state index in [0.29, 0.717) is 42.1 Å². The minimum Gasteiger partial charge on any atom is -0.481 e. The maximum Gasteiger partial charge on any atom is 0.390 e. The van der Waals surface area contributed by atoms with Crippen LogP contribution >= 0.6 is 11.6 Å². The lowest BCUT2D eigenvalue weighted by molar-refractivity contribution is -0.181. The molecule has 2 saturated carbocycles. The molecule has 0 aromatic heterocycles. The van der Waals surface area contributed by atoms with E-state index in [9.17, 15) is 32.7 Å². The van der Waals surface area contributed by atoms with E-state index < -0.39 is 48.1 Å². The van der Waals surface area contributed by atoms with Gasteiger partial charge in [-0.1, -0.05) is 29.8 Å². The maximum atomic E-state index is 13.3. The molecule has 37 heavy (non-hydrogen) atoms. The predicted octanol–water partition coefficient (Wildman–Crippen LogP) is 7.26. The molecule has 0 saturated heterocycles. The maximum absolute atomic E-state index is 13.3. The Balaban J connectivity index is 1.38. The van der Waals surface area contributed by atoms with Crippen molar-refractivity contribution in [3.05, 3.63) is 59.1 Å². The number of rotatable bonds is 6. The molecule has 198 valence electrons. The molecule has 4 atom stereocenters. The number of carboxylic acid groups (broad SMARTS) is 1. The van der Waals surface area contributed by atoms with Crippen LogP contribution in [0.4, 0.5) is 29.3 Å². The summed E-state index contributed by atoms with van der Waals surface area (Å²) in [6.45, 7) is 0. The molecular formula is C27H28ClF3N2O4. The number of hydrogen-bond acceptors (Lipinski definition) is 3. The SMILES string of the molecule is O=C(O)CC1(CC(F)(F)F)CCC2CC(c3ccc(NC(=O)Nc4cccc(Cl)c4)cc3)CCC2C1=O. The number of urea groups is 1. The van der Waals surface area contributed by atoms with E-state index in [1.807, 2.05) is 12.1 Å². The Labute approximate surface area is 217 Å². The quantitative estimate of drug-likeness (QED) is 0.362. The Morgan fingerprint density at radius 2 is 1.73 bits per heavy atom. The highest BCUT2D eigenvalue weighted by Gasteiger charge is 2.55. The molecular weight excluding hydrogens is 509 g/mol. The minimum absolute atomic E-state index is 0.0594. The lowest BCUT2D eigenvalue weighted by atomic mass is 9.56. The third-order valence-corrected chi connectivity index (χ3v) is 7.82. The van der Waals surface area contributed by atoms with Crippen LogP contribution in [0.15, 0.2) is 48.5 Å². The second kappa shape index (κ2) is 10.7. The van der Waals surface area contributed by atoms with Gasteiger partial charge in [0.15, 0.2) is 0 Å². The molecule has 0 heterocycles. The van der Waals surface area contributed by atoms with Crippen molar-refractivity contribution in [2.24, 2.45) is 17.3 Å². The Kier molecular flexibility index (Phi) is 7.83. The van der Waals surface area contributed by atoms with Crippen molar-refractivity contribution >= 4 is 40.8 Å². The van der Waals surface area contributed by atoms with Crippen molar-refractivity contribution in [1.29, 1.82) is 0 Å². The summed E-state index contributed by atoms with van der Waals surface area (Å²) >= 11 is 5.93. The topological polar surface area (TPSA) is 95.5 Å². The molecule has 4 unspecified atom stereocenters.